The number of nitrogens with two attached hydrogens (primary N) is 1. The summed E-state index contributed by atoms with van der Waals surface area (Å²) >= 11 is 0. The van der Waals surface area contributed by atoms with Crippen molar-refractivity contribution in [3.05, 3.63) is 53.3 Å². The molecule has 0 fully saturated rings. The van der Waals surface area contributed by atoms with Crippen molar-refractivity contribution in [1.29, 1.82) is 0 Å². The van der Waals surface area contributed by atoms with Crippen LogP contribution in [0.4, 0.5) is 15.8 Å². The number of carbonyl (C=O) groups is 1. The Kier molecular flexibility index (Phi) is 4.42. The van der Waals surface area contributed by atoms with E-state index in [0.29, 0.717) is 29.3 Å². The number of rotatable bonds is 4. The lowest BCUT2D eigenvalue weighted by Gasteiger charge is -2.09. The number of carbonyl (C=O) groups excluding carboxylic acids is 1. The fourth-order valence-electron chi connectivity index (χ4n) is 2.01. The Hall–Kier alpha value is -2.56. The van der Waals surface area contributed by atoms with Gasteiger partial charge >= 0.3 is 0 Å². The molecule has 5 heteroatoms. The monoisotopic (exact) mass is 288 g/mol. The Morgan fingerprint density at radius 2 is 2.00 bits per heavy atom. The van der Waals surface area contributed by atoms with Crippen LogP contribution in [-0.2, 0) is 0 Å². The molecule has 2 rings (SSSR count). The molecule has 0 heterocycles. The summed E-state index contributed by atoms with van der Waals surface area (Å²) in [7, 11) is 0. The highest BCUT2D eigenvalue weighted by atomic mass is 19.1. The van der Waals surface area contributed by atoms with Crippen molar-refractivity contribution < 1.29 is 13.9 Å². The van der Waals surface area contributed by atoms with Gasteiger partial charge in [0.05, 0.1) is 6.61 Å². The molecule has 2 aromatic carbocycles. The van der Waals surface area contributed by atoms with Gasteiger partial charge in [-0.2, -0.15) is 0 Å². The molecule has 0 saturated carbocycles. The molecule has 0 radical (unpaired) electrons. The predicted octanol–water partition coefficient (Wildman–Crippen LogP) is 3.37. The van der Waals surface area contributed by atoms with Crippen LogP contribution >= 0.6 is 0 Å². The second-order valence-electron chi connectivity index (χ2n) is 4.70. The Morgan fingerprint density at radius 3 is 2.67 bits per heavy atom. The second kappa shape index (κ2) is 6.26. The van der Waals surface area contributed by atoms with E-state index in [2.05, 4.69) is 5.32 Å². The highest BCUT2D eigenvalue weighted by molar-refractivity contribution is 6.05. The molecule has 0 aromatic heterocycles. The van der Waals surface area contributed by atoms with Crippen LogP contribution in [0, 0.1) is 12.7 Å². The van der Waals surface area contributed by atoms with Crippen molar-refractivity contribution in [2.24, 2.45) is 0 Å². The smallest absolute Gasteiger partial charge is 0.255 e. The Bertz CT molecular complexity index is 651. The van der Waals surface area contributed by atoms with E-state index in [1.165, 1.54) is 12.1 Å². The summed E-state index contributed by atoms with van der Waals surface area (Å²) in [4.78, 5) is 12.2. The molecule has 21 heavy (non-hydrogen) atoms. The average molecular weight is 288 g/mol. The maximum absolute atomic E-state index is 13.3. The first kappa shape index (κ1) is 14.8. The van der Waals surface area contributed by atoms with E-state index in [-0.39, 0.29) is 5.91 Å². The largest absolute Gasteiger partial charge is 0.494 e. The van der Waals surface area contributed by atoms with Gasteiger partial charge in [-0.3, -0.25) is 4.79 Å². The van der Waals surface area contributed by atoms with E-state index in [0.717, 1.165) is 5.56 Å². The maximum Gasteiger partial charge on any atom is 0.255 e. The number of ether oxygens (including phenoxy) is 1. The minimum atomic E-state index is -0.395. The van der Waals surface area contributed by atoms with E-state index in [1.807, 2.05) is 6.92 Å². The fourth-order valence-corrected chi connectivity index (χ4v) is 2.01. The summed E-state index contributed by atoms with van der Waals surface area (Å²) in [5, 5.41) is 2.65. The van der Waals surface area contributed by atoms with Crippen molar-refractivity contribution in [1.82, 2.24) is 0 Å². The normalized spacial score (nSPS) is 10.2. The van der Waals surface area contributed by atoms with E-state index >= 15 is 0 Å². The van der Waals surface area contributed by atoms with Gasteiger partial charge in [-0.25, -0.2) is 4.39 Å². The highest BCUT2D eigenvalue weighted by Gasteiger charge is 2.10. The molecular formula is C16H17FN2O2. The van der Waals surface area contributed by atoms with Crippen molar-refractivity contribution in [2.75, 3.05) is 17.7 Å². The van der Waals surface area contributed by atoms with Gasteiger partial charge in [0, 0.05) is 23.0 Å². The van der Waals surface area contributed by atoms with Crippen molar-refractivity contribution in [3.8, 4) is 5.75 Å². The molecule has 0 spiro atoms. The van der Waals surface area contributed by atoms with Crippen LogP contribution in [0.15, 0.2) is 36.4 Å². The summed E-state index contributed by atoms with van der Waals surface area (Å²) in [6, 6.07) is 9.14. The minimum absolute atomic E-state index is 0.361. The summed E-state index contributed by atoms with van der Waals surface area (Å²) in [5.74, 6) is -0.237. The Balaban J connectivity index is 2.23. The number of halogens is 1. The van der Waals surface area contributed by atoms with Crippen LogP contribution in [0.5, 0.6) is 5.75 Å². The molecule has 0 aliphatic heterocycles. The van der Waals surface area contributed by atoms with Gasteiger partial charge in [0.15, 0.2) is 0 Å². The molecule has 2 aromatic rings. The van der Waals surface area contributed by atoms with Crippen LogP contribution < -0.4 is 15.8 Å². The fraction of sp³-hybridized carbons (Fsp3) is 0.188. The number of nitrogens with one attached hydrogen (secondary N) is 1. The number of hydrogen-bond acceptors (Lipinski definition) is 3. The quantitative estimate of drug-likeness (QED) is 0.848. The van der Waals surface area contributed by atoms with Gasteiger partial charge in [0.2, 0.25) is 0 Å². The standard InChI is InChI=1S/C16H17FN2O2/c1-3-21-15-7-11(6-13(18)9-15)16(20)19-14-5-10(2)4-12(17)8-14/h4-9H,3,18H2,1-2H3,(H,19,20). The topological polar surface area (TPSA) is 64.3 Å². The molecule has 0 atom stereocenters. The minimum Gasteiger partial charge on any atom is -0.494 e. The van der Waals surface area contributed by atoms with Gasteiger partial charge in [-0.1, -0.05) is 0 Å². The average Bonchev–Trinajstić information content (AvgIpc) is 2.37. The lowest BCUT2D eigenvalue weighted by atomic mass is 10.1. The number of nitrogen functional groups attached to an aromatic ring is 1. The SMILES string of the molecule is CCOc1cc(N)cc(C(=O)Nc2cc(C)cc(F)c2)c1. The van der Waals surface area contributed by atoms with Crippen molar-refractivity contribution >= 4 is 17.3 Å². The van der Waals surface area contributed by atoms with Gasteiger partial charge < -0.3 is 15.8 Å². The zero-order valence-electron chi connectivity index (χ0n) is 11.9. The molecule has 0 bridgehead atoms. The van der Waals surface area contributed by atoms with Crippen molar-refractivity contribution in [2.45, 2.75) is 13.8 Å². The summed E-state index contributed by atoms with van der Waals surface area (Å²) in [6.07, 6.45) is 0. The third-order valence-corrected chi connectivity index (χ3v) is 2.80. The third-order valence-electron chi connectivity index (χ3n) is 2.80. The highest BCUT2D eigenvalue weighted by Crippen LogP contribution is 2.21. The molecule has 3 N–H and O–H groups in total. The number of aryl methyl sites for hydroxylation is 1. The van der Waals surface area contributed by atoms with Crippen LogP contribution in [0.1, 0.15) is 22.8 Å². The first-order chi connectivity index (χ1) is 9.97. The van der Waals surface area contributed by atoms with Crippen LogP contribution in [0.2, 0.25) is 0 Å². The van der Waals surface area contributed by atoms with E-state index < -0.39 is 5.82 Å². The first-order valence-electron chi connectivity index (χ1n) is 6.60. The first-order valence-corrected chi connectivity index (χ1v) is 6.60. The zero-order chi connectivity index (χ0) is 15.4. The van der Waals surface area contributed by atoms with Gasteiger partial charge in [-0.05, 0) is 49.7 Å². The zero-order valence-corrected chi connectivity index (χ0v) is 11.9. The lowest BCUT2D eigenvalue weighted by Crippen LogP contribution is -2.13. The predicted molar refractivity (Wildman–Crippen MR) is 81.1 cm³/mol. The van der Waals surface area contributed by atoms with Gasteiger partial charge in [0.25, 0.3) is 5.91 Å². The molecule has 110 valence electrons. The Labute approximate surface area is 122 Å². The number of anilines is 2. The number of hydrogen-bond donors (Lipinski definition) is 2. The third kappa shape index (κ3) is 3.95. The summed E-state index contributed by atoms with van der Waals surface area (Å²) in [5.41, 5.74) is 7.67. The van der Waals surface area contributed by atoms with Crippen molar-refractivity contribution in [3.63, 3.8) is 0 Å². The van der Waals surface area contributed by atoms with Crippen LogP contribution in [0.25, 0.3) is 0 Å². The lowest BCUT2D eigenvalue weighted by molar-refractivity contribution is 0.102. The summed E-state index contributed by atoms with van der Waals surface area (Å²) < 4.78 is 18.7. The molecule has 0 saturated heterocycles. The molecule has 0 aliphatic rings. The van der Waals surface area contributed by atoms with Crippen LogP contribution in [0.3, 0.4) is 0 Å². The van der Waals surface area contributed by atoms with E-state index in [1.54, 1.807) is 31.2 Å². The molecule has 1 amide bonds. The van der Waals surface area contributed by atoms with Gasteiger partial charge in [0.1, 0.15) is 11.6 Å². The molecule has 4 nitrogen and oxygen atoms in total. The van der Waals surface area contributed by atoms with Gasteiger partial charge in [-0.15, -0.1) is 0 Å². The maximum atomic E-state index is 13.3. The van der Waals surface area contributed by atoms with Crippen LogP contribution in [-0.4, -0.2) is 12.5 Å². The van der Waals surface area contributed by atoms with E-state index in [4.69, 9.17) is 10.5 Å². The Morgan fingerprint density at radius 1 is 1.24 bits per heavy atom. The molecular weight excluding hydrogens is 271 g/mol. The second-order valence-corrected chi connectivity index (χ2v) is 4.70. The summed E-state index contributed by atoms with van der Waals surface area (Å²) in [6.45, 7) is 4.08. The molecule has 0 unspecified atom stereocenters. The molecule has 0 aliphatic carbocycles. The number of benzene rings is 2. The van der Waals surface area contributed by atoms with E-state index in [9.17, 15) is 9.18 Å². The number of amides is 1.